The fourth-order valence-electron chi connectivity index (χ4n) is 0.982. The summed E-state index contributed by atoms with van der Waals surface area (Å²) in [4.78, 5) is 10.5. The fourth-order valence-corrected chi connectivity index (χ4v) is 0.982. The number of rotatable bonds is 1. The number of carbonyl (C=O) groups excluding carboxylic acids is 1. The molecule has 1 heterocycles. The molecule has 0 aromatic carbocycles. The highest BCUT2D eigenvalue weighted by atomic mass is 19.1. The van der Waals surface area contributed by atoms with Gasteiger partial charge in [0.25, 0.3) is 0 Å². The van der Waals surface area contributed by atoms with Crippen LogP contribution in [0.2, 0.25) is 0 Å². The molecule has 52 valence electrons. The van der Waals surface area contributed by atoms with Crippen molar-refractivity contribution >= 4 is 5.91 Å². The third kappa shape index (κ3) is 1.40. The van der Waals surface area contributed by atoms with Crippen molar-refractivity contribution in [1.82, 2.24) is 5.32 Å². The summed E-state index contributed by atoms with van der Waals surface area (Å²) in [6, 6.07) is -0.225. The lowest BCUT2D eigenvalue weighted by Gasteiger charge is -2.09. The van der Waals surface area contributed by atoms with Gasteiger partial charge in [-0.2, -0.15) is 0 Å². The topological polar surface area (TPSA) is 29.1 Å². The summed E-state index contributed by atoms with van der Waals surface area (Å²) in [5, 5.41) is 2.54. The van der Waals surface area contributed by atoms with E-state index in [-0.39, 0.29) is 11.9 Å². The van der Waals surface area contributed by atoms with E-state index in [1.165, 1.54) is 6.92 Å². The quantitative estimate of drug-likeness (QED) is 0.555. The maximum atomic E-state index is 12.4. The second kappa shape index (κ2) is 2.33. The van der Waals surface area contributed by atoms with Crippen molar-refractivity contribution < 1.29 is 9.18 Å². The van der Waals surface area contributed by atoms with Crippen molar-refractivity contribution in [2.75, 3.05) is 0 Å². The molecule has 2 atom stereocenters. The Labute approximate surface area is 53.4 Å². The molecule has 1 aliphatic heterocycles. The monoisotopic (exact) mass is 131 g/mol. The van der Waals surface area contributed by atoms with E-state index < -0.39 is 6.17 Å². The summed E-state index contributed by atoms with van der Waals surface area (Å²) in [7, 11) is 0. The summed E-state index contributed by atoms with van der Waals surface area (Å²) in [5.74, 6) is -0.0236. The van der Waals surface area contributed by atoms with Crippen LogP contribution in [0.25, 0.3) is 0 Å². The SMILES string of the molecule is C[C@@H](F)[C@H]1CCC(=O)N1. The second-order valence-corrected chi connectivity index (χ2v) is 2.39. The highest BCUT2D eigenvalue weighted by Crippen LogP contribution is 2.11. The van der Waals surface area contributed by atoms with Gasteiger partial charge in [0.2, 0.25) is 5.91 Å². The van der Waals surface area contributed by atoms with E-state index in [9.17, 15) is 9.18 Å². The van der Waals surface area contributed by atoms with Crippen LogP contribution in [-0.2, 0) is 4.79 Å². The van der Waals surface area contributed by atoms with Gasteiger partial charge in [-0.1, -0.05) is 0 Å². The molecular weight excluding hydrogens is 121 g/mol. The Hall–Kier alpha value is -0.600. The van der Waals surface area contributed by atoms with Gasteiger partial charge in [0.05, 0.1) is 6.04 Å². The molecular formula is C6H10FNO. The van der Waals surface area contributed by atoms with E-state index in [0.29, 0.717) is 12.8 Å². The Morgan fingerprint density at radius 3 is 2.78 bits per heavy atom. The van der Waals surface area contributed by atoms with Gasteiger partial charge in [0, 0.05) is 6.42 Å². The molecule has 1 saturated heterocycles. The predicted octanol–water partition coefficient (Wildman–Crippen LogP) is 0.623. The molecule has 0 unspecified atom stereocenters. The van der Waals surface area contributed by atoms with Crippen LogP contribution in [0.1, 0.15) is 19.8 Å². The molecule has 0 bridgehead atoms. The Morgan fingerprint density at radius 2 is 2.56 bits per heavy atom. The Kier molecular flexibility index (Phi) is 1.69. The zero-order valence-electron chi connectivity index (χ0n) is 5.36. The van der Waals surface area contributed by atoms with Crippen LogP contribution >= 0.6 is 0 Å². The first-order valence-electron chi connectivity index (χ1n) is 3.13. The number of hydrogen-bond acceptors (Lipinski definition) is 1. The minimum Gasteiger partial charge on any atom is -0.350 e. The van der Waals surface area contributed by atoms with Gasteiger partial charge in [0.15, 0.2) is 0 Å². The van der Waals surface area contributed by atoms with Crippen molar-refractivity contribution in [2.45, 2.75) is 32.0 Å². The molecule has 0 aromatic heterocycles. The third-order valence-corrected chi connectivity index (χ3v) is 1.58. The minimum atomic E-state index is -0.906. The number of halogens is 1. The van der Waals surface area contributed by atoms with Crippen molar-refractivity contribution in [1.29, 1.82) is 0 Å². The smallest absolute Gasteiger partial charge is 0.220 e. The van der Waals surface area contributed by atoms with Gasteiger partial charge in [-0.3, -0.25) is 4.79 Å². The van der Waals surface area contributed by atoms with E-state index in [0.717, 1.165) is 0 Å². The maximum Gasteiger partial charge on any atom is 0.220 e. The molecule has 9 heavy (non-hydrogen) atoms. The zero-order chi connectivity index (χ0) is 6.85. The third-order valence-electron chi connectivity index (χ3n) is 1.58. The average Bonchev–Trinajstić information content (AvgIpc) is 2.14. The molecule has 1 amide bonds. The molecule has 0 aliphatic carbocycles. The van der Waals surface area contributed by atoms with Crippen LogP contribution < -0.4 is 5.32 Å². The summed E-state index contributed by atoms with van der Waals surface area (Å²) in [5.41, 5.74) is 0. The van der Waals surface area contributed by atoms with Gasteiger partial charge in [0.1, 0.15) is 6.17 Å². The van der Waals surface area contributed by atoms with E-state index in [1.54, 1.807) is 0 Å². The summed E-state index contributed by atoms with van der Waals surface area (Å²) in [6.45, 7) is 1.47. The first kappa shape index (κ1) is 6.52. The molecule has 1 N–H and O–H groups in total. The van der Waals surface area contributed by atoms with Crippen LogP contribution in [0.4, 0.5) is 4.39 Å². The molecule has 1 rings (SSSR count). The van der Waals surface area contributed by atoms with Crippen LogP contribution in [-0.4, -0.2) is 18.1 Å². The van der Waals surface area contributed by atoms with E-state index in [1.807, 2.05) is 0 Å². The summed E-state index contributed by atoms with van der Waals surface area (Å²) in [6.07, 6.45) is 0.228. The number of alkyl halides is 1. The van der Waals surface area contributed by atoms with Crippen LogP contribution in [0.15, 0.2) is 0 Å². The van der Waals surface area contributed by atoms with E-state index in [2.05, 4.69) is 5.32 Å². The van der Waals surface area contributed by atoms with Crippen molar-refractivity contribution in [3.05, 3.63) is 0 Å². The van der Waals surface area contributed by atoms with Crippen LogP contribution in [0.3, 0.4) is 0 Å². The lowest BCUT2D eigenvalue weighted by atomic mass is 10.1. The molecule has 0 saturated carbocycles. The Morgan fingerprint density at radius 1 is 1.89 bits per heavy atom. The maximum absolute atomic E-state index is 12.4. The normalized spacial score (nSPS) is 30.0. The van der Waals surface area contributed by atoms with Crippen LogP contribution in [0.5, 0.6) is 0 Å². The van der Waals surface area contributed by atoms with Gasteiger partial charge in [-0.15, -0.1) is 0 Å². The molecule has 0 aromatic rings. The number of nitrogens with one attached hydrogen (secondary N) is 1. The highest BCUT2D eigenvalue weighted by Gasteiger charge is 2.25. The van der Waals surface area contributed by atoms with Gasteiger partial charge >= 0.3 is 0 Å². The zero-order valence-corrected chi connectivity index (χ0v) is 5.36. The lowest BCUT2D eigenvalue weighted by molar-refractivity contribution is -0.119. The minimum absolute atomic E-state index is 0.0236. The molecule has 1 aliphatic rings. The van der Waals surface area contributed by atoms with E-state index >= 15 is 0 Å². The average molecular weight is 131 g/mol. The fraction of sp³-hybridized carbons (Fsp3) is 0.833. The highest BCUT2D eigenvalue weighted by molar-refractivity contribution is 5.78. The largest absolute Gasteiger partial charge is 0.350 e. The molecule has 0 radical (unpaired) electrons. The van der Waals surface area contributed by atoms with Crippen molar-refractivity contribution in [3.63, 3.8) is 0 Å². The molecule has 3 heteroatoms. The lowest BCUT2D eigenvalue weighted by Crippen LogP contribution is -2.32. The summed E-state index contributed by atoms with van der Waals surface area (Å²) >= 11 is 0. The standard InChI is InChI=1S/C6H10FNO/c1-4(7)5-2-3-6(9)8-5/h4-5H,2-3H2,1H3,(H,8,9)/t4-,5-/m1/s1. The van der Waals surface area contributed by atoms with E-state index in [4.69, 9.17) is 0 Å². The van der Waals surface area contributed by atoms with Crippen LogP contribution in [0, 0.1) is 0 Å². The number of carbonyl (C=O) groups is 1. The van der Waals surface area contributed by atoms with Gasteiger partial charge in [-0.25, -0.2) is 4.39 Å². The molecule has 2 nitrogen and oxygen atoms in total. The first-order chi connectivity index (χ1) is 4.20. The summed E-state index contributed by atoms with van der Waals surface area (Å²) < 4.78 is 12.4. The molecule has 0 spiro atoms. The van der Waals surface area contributed by atoms with Gasteiger partial charge < -0.3 is 5.32 Å². The number of amides is 1. The molecule has 1 fully saturated rings. The predicted molar refractivity (Wildman–Crippen MR) is 31.7 cm³/mol. The Balaban J connectivity index is 2.39. The first-order valence-corrected chi connectivity index (χ1v) is 3.13. The second-order valence-electron chi connectivity index (χ2n) is 2.39. The van der Waals surface area contributed by atoms with Crippen molar-refractivity contribution in [3.8, 4) is 0 Å². The van der Waals surface area contributed by atoms with Crippen molar-refractivity contribution in [2.24, 2.45) is 0 Å². The Bertz CT molecular complexity index is 124. The number of hydrogen-bond donors (Lipinski definition) is 1. The van der Waals surface area contributed by atoms with Gasteiger partial charge in [-0.05, 0) is 13.3 Å².